The van der Waals surface area contributed by atoms with Gasteiger partial charge >= 0.3 is 5.97 Å². The van der Waals surface area contributed by atoms with E-state index >= 15 is 0 Å². The van der Waals surface area contributed by atoms with E-state index in [4.69, 9.17) is 14.2 Å². The van der Waals surface area contributed by atoms with Crippen LogP contribution in [0.3, 0.4) is 0 Å². The van der Waals surface area contributed by atoms with Crippen molar-refractivity contribution in [2.75, 3.05) is 30.8 Å². The summed E-state index contributed by atoms with van der Waals surface area (Å²) in [7, 11) is 1.33. The highest BCUT2D eigenvalue weighted by Gasteiger charge is 2.24. The average Bonchev–Trinajstić information content (AvgIpc) is 3.51. The van der Waals surface area contributed by atoms with Gasteiger partial charge in [0, 0.05) is 30.4 Å². The quantitative estimate of drug-likeness (QED) is 0.177. The molecular formula is C35H35FN2O5S. The van der Waals surface area contributed by atoms with E-state index in [0.29, 0.717) is 42.3 Å². The molecule has 1 unspecified atom stereocenters. The fourth-order valence-electron chi connectivity index (χ4n) is 5.20. The summed E-state index contributed by atoms with van der Waals surface area (Å²) in [6.07, 6.45) is 2.42. The van der Waals surface area contributed by atoms with Crippen molar-refractivity contribution >= 4 is 29.3 Å². The number of thioether (sulfide) groups is 1. The van der Waals surface area contributed by atoms with Crippen LogP contribution in [0.4, 0.5) is 10.1 Å². The van der Waals surface area contributed by atoms with Crippen LogP contribution in [0, 0.1) is 12.7 Å². The van der Waals surface area contributed by atoms with Gasteiger partial charge in [0.15, 0.2) is 11.5 Å². The molecule has 7 nitrogen and oxygen atoms in total. The lowest BCUT2D eigenvalue weighted by Gasteiger charge is -2.26. The minimum atomic E-state index is -0.749. The Morgan fingerprint density at radius 1 is 0.932 bits per heavy atom. The molecule has 1 N–H and O–H groups in total. The van der Waals surface area contributed by atoms with Gasteiger partial charge < -0.3 is 24.4 Å². The zero-order valence-electron chi connectivity index (χ0n) is 25.0. The number of hydrogen-bond donors (Lipinski definition) is 1. The fraction of sp³-hybridized carbons (Fsp3) is 0.257. The highest BCUT2D eigenvalue weighted by molar-refractivity contribution is 7.98. The second-order valence-corrected chi connectivity index (χ2v) is 11.5. The van der Waals surface area contributed by atoms with Crippen LogP contribution < -0.4 is 19.7 Å². The number of hydrogen-bond acceptors (Lipinski definition) is 7. The van der Waals surface area contributed by atoms with Crippen LogP contribution in [0.15, 0.2) is 84.9 Å². The lowest BCUT2D eigenvalue weighted by molar-refractivity contribution is -0.142. The standard InChI is InChI=1S/C35H35FN2O5S/c1-23-6-4-5-7-28(23)30-18-25(10-14-29(30)34(39)37-31(16-17-44-3)35(40)41-2)21-38(20-24-8-11-26(36)12-9-24)27-13-15-32-33(19-27)43-22-42-32/h4-15,18-19,31H,16-17,20-22H2,1-3H3,(H,37,39). The minimum absolute atomic E-state index is 0.175. The zero-order chi connectivity index (χ0) is 31.1. The van der Waals surface area contributed by atoms with E-state index < -0.39 is 12.0 Å². The van der Waals surface area contributed by atoms with Crippen molar-refractivity contribution in [3.8, 4) is 22.6 Å². The van der Waals surface area contributed by atoms with Crippen molar-refractivity contribution in [1.29, 1.82) is 0 Å². The summed E-state index contributed by atoms with van der Waals surface area (Å²) < 4.78 is 29.8. The van der Waals surface area contributed by atoms with Crippen molar-refractivity contribution in [1.82, 2.24) is 5.32 Å². The third kappa shape index (κ3) is 7.34. The first kappa shape index (κ1) is 30.9. The summed E-state index contributed by atoms with van der Waals surface area (Å²) in [5, 5.41) is 2.90. The molecule has 1 aliphatic rings. The van der Waals surface area contributed by atoms with Crippen molar-refractivity contribution in [3.05, 3.63) is 113 Å². The van der Waals surface area contributed by atoms with Crippen molar-refractivity contribution in [3.63, 3.8) is 0 Å². The van der Waals surface area contributed by atoms with Gasteiger partial charge in [0.05, 0.1) is 7.11 Å². The van der Waals surface area contributed by atoms with Crippen LogP contribution in [0.2, 0.25) is 0 Å². The monoisotopic (exact) mass is 614 g/mol. The average molecular weight is 615 g/mol. The molecule has 1 amide bonds. The number of halogens is 1. The number of aryl methyl sites for hydroxylation is 1. The molecule has 1 aliphatic heterocycles. The molecule has 0 aliphatic carbocycles. The Hall–Kier alpha value is -4.50. The summed E-state index contributed by atoms with van der Waals surface area (Å²) in [5.41, 5.74) is 5.99. The molecule has 0 saturated carbocycles. The molecule has 0 bridgehead atoms. The van der Waals surface area contributed by atoms with Gasteiger partial charge in [0.2, 0.25) is 6.79 Å². The molecule has 44 heavy (non-hydrogen) atoms. The van der Waals surface area contributed by atoms with Crippen molar-refractivity contribution in [2.24, 2.45) is 0 Å². The maximum atomic E-state index is 13.7. The van der Waals surface area contributed by atoms with Crippen molar-refractivity contribution < 1.29 is 28.2 Å². The van der Waals surface area contributed by atoms with Crippen LogP contribution in [0.25, 0.3) is 11.1 Å². The smallest absolute Gasteiger partial charge is 0.328 e. The highest BCUT2D eigenvalue weighted by atomic mass is 32.2. The molecule has 0 fully saturated rings. The summed E-state index contributed by atoms with van der Waals surface area (Å²) in [6.45, 7) is 3.19. The zero-order valence-corrected chi connectivity index (χ0v) is 25.8. The summed E-state index contributed by atoms with van der Waals surface area (Å²) in [5.74, 6) is 0.958. The van der Waals surface area contributed by atoms with Gasteiger partial charge in [-0.15, -0.1) is 0 Å². The van der Waals surface area contributed by atoms with E-state index in [1.807, 2.05) is 73.8 Å². The Labute approximate surface area is 261 Å². The Morgan fingerprint density at radius 2 is 1.66 bits per heavy atom. The predicted molar refractivity (Wildman–Crippen MR) is 172 cm³/mol. The van der Waals surface area contributed by atoms with E-state index in [9.17, 15) is 14.0 Å². The number of methoxy groups -OCH3 is 1. The van der Waals surface area contributed by atoms with Crippen LogP contribution in [-0.4, -0.2) is 43.8 Å². The van der Waals surface area contributed by atoms with Crippen LogP contribution in [0.5, 0.6) is 11.5 Å². The Balaban J connectivity index is 1.51. The Bertz CT molecular complexity index is 1630. The first-order valence-corrected chi connectivity index (χ1v) is 15.7. The minimum Gasteiger partial charge on any atom is -0.467 e. The van der Waals surface area contributed by atoms with Gasteiger partial charge in [-0.2, -0.15) is 11.8 Å². The number of nitrogens with zero attached hydrogens (tertiary/aromatic N) is 1. The number of rotatable bonds is 12. The van der Waals surface area contributed by atoms with E-state index in [2.05, 4.69) is 10.2 Å². The highest BCUT2D eigenvalue weighted by Crippen LogP contribution is 2.37. The molecule has 9 heteroatoms. The lowest BCUT2D eigenvalue weighted by Crippen LogP contribution is -2.42. The molecule has 4 aromatic rings. The van der Waals surface area contributed by atoms with E-state index in [1.165, 1.54) is 19.2 Å². The lowest BCUT2D eigenvalue weighted by atomic mass is 9.93. The number of fused-ring (bicyclic) bond motifs is 1. The normalized spacial score (nSPS) is 12.5. The number of esters is 1. The first-order valence-electron chi connectivity index (χ1n) is 14.3. The number of carbonyl (C=O) groups excluding carboxylic acids is 2. The molecule has 1 atom stereocenters. The van der Waals surface area contributed by atoms with Crippen LogP contribution in [0.1, 0.15) is 33.5 Å². The maximum Gasteiger partial charge on any atom is 0.328 e. The first-order chi connectivity index (χ1) is 21.4. The molecular weight excluding hydrogens is 579 g/mol. The summed E-state index contributed by atoms with van der Waals surface area (Å²) in [4.78, 5) is 28.3. The number of carbonyl (C=O) groups is 2. The predicted octanol–water partition coefficient (Wildman–Crippen LogP) is 6.76. The van der Waals surface area contributed by atoms with Gasteiger partial charge in [0.1, 0.15) is 11.9 Å². The second-order valence-electron chi connectivity index (χ2n) is 10.5. The molecule has 1 heterocycles. The summed E-state index contributed by atoms with van der Waals surface area (Å²) >= 11 is 1.60. The van der Waals surface area contributed by atoms with E-state index in [1.54, 1.807) is 23.9 Å². The Morgan fingerprint density at radius 3 is 2.41 bits per heavy atom. The SMILES string of the molecule is COC(=O)C(CCSC)NC(=O)c1ccc(CN(Cc2ccc(F)cc2)c2ccc3c(c2)OCO3)cc1-c1ccccc1C. The topological polar surface area (TPSA) is 77.1 Å². The molecule has 4 aromatic carbocycles. The van der Waals surface area contributed by atoms with Crippen molar-refractivity contribution in [2.45, 2.75) is 32.5 Å². The third-order valence-corrected chi connectivity index (χ3v) is 8.19. The number of anilines is 1. The number of nitrogens with one attached hydrogen (secondary N) is 1. The largest absolute Gasteiger partial charge is 0.467 e. The number of ether oxygens (including phenoxy) is 3. The number of amides is 1. The molecule has 0 spiro atoms. The molecule has 0 aromatic heterocycles. The summed E-state index contributed by atoms with van der Waals surface area (Å²) in [6, 6.07) is 25.2. The van der Waals surface area contributed by atoms with Gasteiger partial charge in [-0.25, -0.2) is 9.18 Å². The fourth-order valence-corrected chi connectivity index (χ4v) is 5.67. The van der Waals surface area contributed by atoms with Gasteiger partial charge in [-0.05, 0) is 89.6 Å². The maximum absolute atomic E-state index is 13.7. The molecule has 0 saturated heterocycles. The third-order valence-electron chi connectivity index (χ3n) is 7.55. The molecule has 0 radical (unpaired) electrons. The number of benzene rings is 4. The van der Waals surface area contributed by atoms with Crippen LogP contribution in [-0.2, 0) is 22.6 Å². The van der Waals surface area contributed by atoms with Gasteiger partial charge in [-0.1, -0.05) is 42.5 Å². The second kappa shape index (κ2) is 14.3. The van der Waals surface area contributed by atoms with E-state index in [0.717, 1.165) is 33.5 Å². The Kier molecular flexibility index (Phi) is 10.1. The van der Waals surface area contributed by atoms with E-state index in [-0.39, 0.29) is 18.5 Å². The molecule has 5 rings (SSSR count). The van der Waals surface area contributed by atoms with Gasteiger partial charge in [-0.3, -0.25) is 4.79 Å². The van der Waals surface area contributed by atoms with Crippen LogP contribution >= 0.6 is 11.8 Å². The molecule has 228 valence electrons. The van der Waals surface area contributed by atoms with Gasteiger partial charge in [0.25, 0.3) is 5.91 Å².